The van der Waals surface area contributed by atoms with Crippen molar-refractivity contribution in [3.05, 3.63) is 17.5 Å². The maximum absolute atomic E-state index is 13.1. The van der Waals surface area contributed by atoms with Gasteiger partial charge in [-0.2, -0.15) is 5.10 Å². The van der Waals surface area contributed by atoms with Crippen LogP contribution in [0.2, 0.25) is 0 Å². The Bertz CT molecular complexity index is 601. The number of carbonyl (C=O) groups excluding carboxylic acids is 1. The Morgan fingerprint density at radius 2 is 2.00 bits per heavy atom. The Morgan fingerprint density at radius 1 is 1.32 bits per heavy atom. The molecule has 2 atom stereocenters. The van der Waals surface area contributed by atoms with Crippen LogP contribution in [-0.4, -0.2) is 33.2 Å². The van der Waals surface area contributed by atoms with Crippen molar-refractivity contribution in [1.82, 2.24) is 14.7 Å². The van der Waals surface area contributed by atoms with Crippen LogP contribution >= 0.6 is 0 Å². The first-order chi connectivity index (χ1) is 10.1. The number of nitrogens with zero attached hydrogens (tertiary/aromatic N) is 3. The van der Waals surface area contributed by atoms with E-state index in [9.17, 15) is 4.79 Å². The highest BCUT2D eigenvalue weighted by molar-refractivity contribution is 5.93. The first-order valence-electron chi connectivity index (χ1n) is 8.45. The Balaban J connectivity index is 1.88. The molecule has 1 saturated carbocycles. The number of amides is 1. The second kappa shape index (κ2) is 4.84. The van der Waals surface area contributed by atoms with Gasteiger partial charge in [0.25, 0.3) is 5.91 Å². The van der Waals surface area contributed by atoms with Gasteiger partial charge in [0.2, 0.25) is 0 Å². The summed E-state index contributed by atoms with van der Waals surface area (Å²) >= 11 is 0. The van der Waals surface area contributed by atoms with Crippen LogP contribution in [0.1, 0.15) is 76.0 Å². The van der Waals surface area contributed by atoms with Gasteiger partial charge in [-0.05, 0) is 42.1 Å². The van der Waals surface area contributed by atoms with Crippen molar-refractivity contribution in [2.45, 2.75) is 65.8 Å². The smallest absolute Gasteiger partial charge is 0.272 e. The van der Waals surface area contributed by atoms with Crippen LogP contribution in [-0.2, 0) is 7.05 Å². The minimum atomic E-state index is 0.160. The fourth-order valence-corrected chi connectivity index (χ4v) is 4.82. The van der Waals surface area contributed by atoms with Crippen molar-refractivity contribution < 1.29 is 4.79 Å². The molecule has 2 heterocycles. The number of aryl methyl sites for hydroxylation is 1. The summed E-state index contributed by atoms with van der Waals surface area (Å²) in [4.78, 5) is 15.2. The third-order valence-electron chi connectivity index (χ3n) is 5.39. The molecule has 1 aromatic heterocycles. The molecular weight excluding hydrogens is 274 g/mol. The van der Waals surface area contributed by atoms with Crippen LogP contribution in [0.5, 0.6) is 0 Å². The molecule has 1 aliphatic heterocycles. The predicted octanol–water partition coefficient (Wildman–Crippen LogP) is 3.58. The van der Waals surface area contributed by atoms with Crippen LogP contribution in [0, 0.1) is 10.8 Å². The van der Waals surface area contributed by atoms with Crippen molar-refractivity contribution in [3.8, 4) is 0 Å². The van der Waals surface area contributed by atoms with E-state index in [1.807, 2.05) is 13.1 Å². The Labute approximate surface area is 133 Å². The van der Waals surface area contributed by atoms with Crippen LogP contribution in [0.25, 0.3) is 0 Å². The SMILES string of the molecule is CC(C)c1cc(C(=O)N2C[C@]3(C)C[C@H]2CC(C)(C)C3)n(C)n1. The summed E-state index contributed by atoms with van der Waals surface area (Å²) < 4.78 is 1.76. The monoisotopic (exact) mass is 303 g/mol. The van der Waals surface area contributed by atoms with Crippen LogP contribution < -0.4 is 0 Å². The summed E-state index contributed by atoms with van der Waals surface area (Å²) in [6, 6.07) is 2.36. The third kappa shape index (κ3) is 2.57. The zero-order chi connectivity index (χ0) is 16.3. The van der Waals surface area contributed by atoms with Crippen molar-refractivity contribution in [2.24, 2.45) is 17.9 Å². The summed E-state index contributed by atoms with van der Waals surface area (Å²) in [5, 5.41) is 4.50. The fourth-order valence-electron chi connectivity index (χ4n) is 4.82. The average Bonchev–Trinajstić information content (AvgIpc) is 2.85. The van der Waals surface area contributed by atoms with E-state index in [-0.39, 0.29) is 11.3 Å². The quantitative estimate of drug-likeness (QED) is 0.837. The highest BCUT2D eigenvalue weighted by Crippen LogP contribution is 2.52. The second-order valence-corrected chi connectivity index (χ2v) is 8.88. The Hall–Kier alpha value is -1.32. The average molecular weight is 303 g/mol. The Kier molecular flexibility index (Phi) is 3.42. The molecule has 2 bridgehead atoms. The molecule has 2 fully saturated rings. The minimum Gasteiger partial charge on any atom is -0.334 e. The number of rotatable bonds is 2. The van der Waals surface area contributed by atoms with Crippen LogP contribution in [0.4, 0.5) is 0 Å². The van der Waals surface area contributed by atoms with Crippen LogP contribution in [0.15, 0.2) is 6.07 Å². The van der Waals surface area contributed by atoms with Crippen molar-refractivity contribution >= 4 is 5.91 Å². The molecule has 0 N–H and O–H groups in total. The molecule has 0 aromatic carbocycles. The predicted molar refractivity (Wildman–Crippen MR) is 87.9 cm³/mol. The highest BCUT2D eigenvalue weighted by atomic mass is 16.2. The number of carbonyl (C=O) groups is 1. The lowest BCUT2D eigenvalue weighted by Crippen LogP contribution is -2.38. The molecule has 1 aliphatic carbocycles. The number of hydrogen-bond donors (Lipinski definition) is 0. The maximum Gasteiger partial charge on any atom is 0.272 e. The normalized spacial score (nSPS) is 30.1. The van der Waals surface area contributed by atoms with Gasteiger partial charge in [-0.15, -0.1) is 0 Å². The van der Waals surface area contributed by atoms with E-state index in [1.165, 1.54) is 6.42 Å². The molecule has 22 heavy (non-hydrogen) atoms. The van der Waals surface area contributed by atoms with E-state index in [4.69, 9.17) is 0 Å². The highest BCUT2D eigenvalue weighted by Gasteiger charge is 2.51. The van der Waals surface area contributed by atoms with Gasteiger partial charge in [0.15, 0.2) is 0 Å². The van der Waals surface area contributed by atoms with E-state index < -0.39 is 0 Å². The first kappa shape index (κ1) is 15.6. The largest absolute Gasteiger partial charge is 0.334 e. The third-order valence-corrected chi connectivity index (χ3v) is 5.39. The van der Waals surface area contributed by atoms with Gasteiger partial charge in [0.05, 0.1) is 5.69 Å². The van der Waals surface area contributed by atoms with E-state index >= 15 is 0 Å². The molecule has 1 aromatic rings. The van der Waals surface area contributed by atoms with Crippen molar-refractivity contribution in [2.75, 3.05) is 6.54 Å². The van der Waals surface area contributed by atoms with Gasteiger partial charge in [-0.1, -0.05) is 34.6 Å². The van der Waals surface area contributed by atoms with E-state index in [0.717, 1.165) is 30.8 Å². The first-order valence-corrected chi connectivity index (χ1v) is 8.45. The second-order valence-electron chi connectivity index (χ2n) is 8.88. The molecule has 4 nitrogen and oxygen atoms in total. The molecule has 0 radical (unpaired) electrons. The molecule has 0 unspecified atom stereocenters. The Morgan fingerprint density at radius 3 is 2.59 bits per heavy atom. The fraction of sp³-hybridized carbons (Fsp3) is 0.778. The maximum atomic E-state index is 13.1. The number of likely N-dealkylation sites (tertiary alicyclic amines) is 1. The summed E-state index contributed by atoms with van der Waals surface area (Å²) in [5.74, 6) is 0.510. The summed E-state index contributed by atoms with van der Waals surface area (Å²) in [6.07, 6.45) is 3.48. The number of aromatic nitrogens is 2. The molecule has 1 amide bonds. The zero-order valence-corrected chi connectivity index (χ0v) is 14.8. The molecule has 122 valence electrons. The lowest BCUT2D eigenvalue weighted by atomic mass is 9.65. The van der Waals surface area contributed by atoms with Gasteiger partial charge < -0.3 is 4.90 Å². The number of hydrogen-bond acceptors (Lipinski definition) is 2. The standard InChI is InChI=1S/C18H29N3O/c1-12(2)14-7-15(20(6)19-14)16(22)21-11-18(5)9-13(21)8-17(3,4)10-18/h7,12-13H,8-11H2,1-6H3/t13-,18-/m1/s1. The zero-order valence-electron chi connectivity index (χ0n) is 14.8. The molecular formula is C18H29N3O. The summed E-state index contributed by atoms with van der Waals surface area (Å²) in [6.45, 7) is 12.1. The summed E-state index contributed by atoms with van der Waals surface area (Å²) in [5.41, 5.74) is 2.35. The van der Waals surface area contributed by atoms with Gasteiger partial charge in [0, 0.05) is 19.6 Å². The van der Waals surface area contributed by atoms with E-state index in [2.05, 4.69) is 44.6 Å². The molecule has 4 heteroatoms. The van der Waals surface area contributed by atoms with Crippen molar-refractivity contribution in [3.63, 3.8) is 0 Å². The van der Waals surface area contributed by atoms with Gasteiger partial charge in [-0.25, -0.2) is 0 Å². The lowest BCUT2D eigenvalue weighted by molar-refractivity contribution is 0.0697. The van der Waals surface area contributed by atoms with Gasteiger partial charge >= 0.3 is 0 Å². The molecule has 0 spiro atoms. The van der Waals surface area contributed by atoms with E-state index in [0.29, 0.717) is 17.4 Å². The van der Waals surface area contributed by atoms with Gasteiger partial charge in [-0.3, -0.25) is 9.48 Å². The topological polar surface area (TPSA) is 38.1 Å². The lowest BCUT2D eigenvalue weighted by Gasteiger charge is -2.39. The van der Waals surface area contributed by atoms with Crippen LogP contribution in [0.3, 0.4) is 0 Å². The summed E-state index contributed by atoms with van der Waals surface area (Å²) in [7, 11) is 1.88. The molecule has 1 saturated heterocycles. The van der Waals surface area contributed by atoms with E-state index in [1.54, 1.807) is 4.68 Å². The molecule has 2 aliphatic rings. The molecule has 3 rings (SSSR count). The number of fused-ring (bicyclic) bond motifs is 2. The minimum absolute atomic E-state index is 0.160. The van der Waals surface area contributed by atoms with Crippen molar-refractivity contribution in [1.29, 1.82) is 0 Å². The van der Waals surface area contributed by atoms with Gasteiger partial charge in [0.1, 0.15) is 5.69 Å².